The molecule has 0 aliphatic carbocycles. The summed E-state index contributed by atoms with van der Waals surface area (Å²) in [5, 5.41) is 15.2. The number of aryl methyl sites for hydroxylation is 1. The molecular weight excluding hydrogens is 500 g/mol. The third kappa shape index (κ3) is 4.32. The van der Waals surface area contributed by atoms with E-state index in [9.17, 15) is 10.1 Å². The number of pyridine rings is 4. The average Bonchev–Trinajstić information content (AvgIpc) is 2.95. The number of allylic oxidation sites excluding steroid dienone is 1. The van der Waals surface area contributed by atoms with Crippen LogP contribution in [0.4, 0.5) is 5.69 Å². The van der Waals surface area contributed by atoms with Gasteiger partial charge in [-0.3, -0.25) is 25.0 Å². The molecule has 1 aliphatic rings. The highest BCUT2D eigenvalue weighted by atomic mass is 16.6. The minimum atomic E-state index is -0.349. The lowest BCUT2D eigenvalue weighted by atomic mass is 10.0. The zero-order valence-corrected chi connectivity index (χ0v) is 22.1. The molecular formula is C32H26N6O2. The zero-order chi connectivity index (χ0) is 27.4. The largest absolute Gasteiger partial charge is 0.295 e. The number of benzene rings is 2. The number of aromatic nitrogens is 4. The fraction of sp³-hybridized carbons (Fsp3) is 0.188. The maximum Gasteiger partial charge on any atom is 0.279 e. The molecule has 6 aromatic rings. The number of nitro groups is 1. The van der Waals surface area contributed by atoms with Crippen molar-refractivity contribution in [1.82, 2.24) is 24.8 Å². The van der Waals surface area contributed by atoms with Gasteiger partial charge in [-0.05, 0) is 50.2 Å². The third-order valence-corrected chi connectivity index (χ3v) is 7.59. The first kappa shape index (κ1) is 24.2. The van der Waals surface area contributed by atoms with Crippen LogP contribution in [-0.2, 0) is 25.9 Å². The molecule has 0 spiro atoms. The molecule has 8 nitrogen and oxygen atoms in total. The Balaban J connectivity index is 1.39. The van der Waals surface area contributed by atoms with E-state index in [0.717, 1.165) is 63.0 Å². The Morgan fingerprint density at radius 3 is 1.95 bits per heavy atom. The van der Waals surface area contributed by atoms with Crippen LogP contribution in [0.5, 0.6) is 0 Å². The Labute approximate surface area is 230 Å². The van der Waals surface area contributed by atoms with Crippen LogP contribution < -0.4 is 0 Å². The van der Waals surface area contributed by atoms with Crippen molar-refractivity contribution in [3.8, 4) is 0 Å². The van der Waals surface area contributed by atoms with Gasteiger partial charge in [-0.2, -0.15) is 0 Å². The lowest BCUT2D eigenvalue weighted by Crippen LogP contribution is -2.18. The average molecular weight is 527 g/mol. The number of nitrogens with zero attached hydrogens (tertiary/aromatic N) is 6. The number of nitro benzene ring substituents is 1. The maximum atomic E-state index is 11.9. The highest BCUT2D eigenvalue weighted by Crippen LogP contribution is 2.32. The van der Waals surface area contributed by atoms with E-state index in [1.165, 1.54) is 0 Å². The SMILES string of the molecule is C=C1CCc2ccc3ccc4ccc(nc4c3n2)CN(C)Cc2ccc3c([N+](=O)[O-])cc4ccc(nc4c3n2)C1. The van der Waals surface area contributed by atoms with Gasteiger partial charge < -0.3 is 0 Å². The van der Waals surface area contributed by atoms with Gasteiger partial charge in [0.2, 0.25) is 0 Å². The molecule has 0 fully saturated rings. The molecule has 0 amide bonds. The Morgan fingerprint density at radius 1 is 0.700 bits per heavy atom. The number of hydrogen-bond donors (Lipinski definition) is 0. The van der Waals surface area contributed by atoms with E-state index in [0.29, 0.717) is 41.3 Å². The number of fused-ring (bicyclic) bond motifs is 4. The van der Waals surface area contributed by atoms with Gasteiger partial charge in [0.15, 0.2) is 0 Å². The minimum Gasteiger partial charge on any atom is -0.295 e. The Bertz CT molecular complexity index is 2020. The molecule has 5 heterocycles. The summed E-state index contributed by atoms with van der Waals surface area (Å²) < 4.78 is 0. The van der Waals surface area contributed by atoms with Gasteiger partial charge in [-0.25, -0.2) is 9.97 Å². The van der Waals surface area contributed by atoms with Gasteiger partial charge in [-0.15, -0.1) is 0 Å². The normalized spacial score (nSPS) is 14.8. The van der Waals surface area contributed by atoms with Gasteiger partial charge in [0, 0.05) is 53.1 Å². The van der Waals surface area contributed by atoms with Crippen molar-refractivity contribution in [2.75, 3.05) is 7.05 Å². The van der Waals surface area contributed by atoms with Gasteiger partial charge in [0.05, 0.1) is 38.2 Å². The van der Waals surface area contributed by atoms with Crippen LogP contribution in [0.3, 0.4) is 0 Å². The first-order valence-electron chi connectivity index (χ1n) is 13.3. The van der Waals surface area contributed by atoms with Crippen LogP contribution in [-0.4, -0.2) is 36.8 Å². The Morgan fingerprint density at radius 2 is 1.23 bits per heavy atom. The van der Waals surface area contributed by atoms with Crippen LogP contribution >= 0.6 is 0 Å². The predicted molar refractivity (Wildman–Crippen MR) is 157 cm³/mol. The monoisotopic (exact) mass is 526 g/mol. The van der Waals surface area contributed by atoms with Gasteiger partial charge in [-0.1, -0.05) is 42.5 Å². The summed E-state index contributed by atoms with van der Waals surface area (Å²) in [5.41, 5.74) is 7.74. The molecule has 1 aliphatic heterocycles. The molecule has 0 atom stereocenters. The van der Waals surface area contributed by atoms with Crippen molar-refractivity contribution in [3.05, 3.63) is 112 Å². The molecule has 8 heteroatoms. The van der Waals surface area contributed by atoms with Crippen molar-refractivity contribution < 1.29 is 4.92 Å². The smallest absolute Gasteiger partial charge is 0.279 e. The second-order valence-electron chi connectivity index (χ2n) is 10.6. The van der Waals surface area contributed by atoms with Crippen LogP contribution in [0.15, 0.2) is 78.9 Å². The molecule has 4 aromatic heterocycles. The maximum absolute atomic E-state index is 11.9. The lowest BCUT2D eigenvalue weighted by molar-refractivity contribution is -0.382. The molecule has 40 heavy (non-hydrogen) atoms. The second-order valence-corrected chi connectivity index (χ2v) is 10.6. The molecule has 0 unspecified atom stereocenters. The molecule has 0 saturated heterocycles. The van der Waals surface area contributed by atoms with Crippen LogP contribution in [0.2, 0.25) is 0 Å². The summed E-state index contributed by atoms with van der Waals surface area (Å²) in [7, 11) is 2.02. The summed E-state index contributed by atoms with van der Waals surface area (Å²) in [6.45, 7) is 5.49. The fourth-order valence-electron chi connectivity index (χ4n) is 5.60. The van der Waals surface area contributed by atoms with Gasteiger partial charge >= 0.3 is 0 Å². The van der Waals surface area contributed by atoms with Crippen molar-refractivity contribution in [2.24, 2.45) is 0 Å². The molecule has 196 valence electrons. The number of non-ortho nitro benzene ring substituents is 1. The van der Waals surface area contributed by atoms with E-state index < -0.39 is 0 Å². The van der Waals surface area contributed by atoms with Crippen molar-refractivity contribution in [2.45, 2.75) is 32.4 Å². The summed E-state index contributed by atoms with van der Waals surface area (Å²) in [6, 6.07) is 21.6. The van der Waals surface area contributed by atoms with Crippen LogP contribution in [0.1, 0.15) is 29.2 Å². The summed E-state index contributed by atoms with van der Waals surface area (Å²) in [6.07, 6.45) is 2.15. The lowest BCUT2D eigenvalue weighted by Gasteiger charge is -2.17. The molecule has 0 saturated carbocycles. The first-order chi connectivity index (χ1) is 19.4. The Hall–Kier alpha value is -4.82. The predicted octanol–water partition coefficient (Wildman–Crippen LogP) is 6.46. The van der Waals surface area contributed by atoms with Crippen LogP contribution in [0, 0.1) is 10.1 Å². The third-order valence-electron chi connectivity index (χ3n) is 7.59. The van der Waals surface area contributed by atoms with Crippen molar-refractivity contribution >= 4 is 49.3 Å². The highest BCUT2D eigenvalue weighted by Gasteiger charge is 2.19. The highest BCUT2D eigenvalue weighted by molar-refractivity contribution is 6.07. The number of rotatable bonds is 1. The van der Waals surface area contributed by atoms with Crippen molar-refractivity contribution in [3.63, 3.8) is 0 Å². The molecule has 8 bridgehead atoms. The van der Waals surface area contributed by atoms with Gasteiger partial charge in [0.1, 0.15) is 5.52 Å². The quantitative estimate of drug-likeness (QED) is 0.105. The summed E-state index contributed by atoms with van der Waals surface area (Å²) in [5.74, 6) is 0. The second kappa shape index (κ2) is 9.43. The van der Waals surface area contributed by atoms with E-state index >= 15 is 0 Å². The zero-order valence-electron chi connectivity index (χ0n) is 22.1. The summed E-state index contributed by atoms with van der Waals surface area (Å²) >= 11 is 0. The molecule has 2 aromatic carbocycles. The minimum absolute atomic E-state index is 0.0354. The molecule has 7 rings (SSSR count). The number of hydrogen-bond acceptors (Lipinski definition) is 7. The topological polar surface area (TPSA) is 97.9 Å². The fourth-order valence-corrected chi connectivity index (χ4v) is 5.60. The van der Waals surface area contributed by atoms with E-state index in [1.54, 1.807) is 12.1 Å². The van der Waals surface area contributed by atoms with E-state index in [1.807, 2.05) is 25.2 Å². The van der Waals surface area contributed by atoms with E-state index in [-0.39, 0.29) is 10.6 Å². The molecule has 0 N–H and O–H groups in total. The summed E-state index contributed by atoms with van der Waals surface area (Å²) in [4.78, 5) is 33.6. The van der Waals surface area contributed by atoms with Gasteiger partial charge in [0.25, 0.3) is 5.69 Å². The van der Waals surface area contributed by atoms with E-state index in [2.05, 4.69) is 47.9 Å². The standard InChI is InChI=1S/C32H26N6O2/c1-19-3-9-23-10-6-20-4-5-21-7-12-25(35-30(21)29(20)33-23)17-37(2)18-26-13-14-27-28(38(39)40)16-22-8-11-24(15-19)34-31(22)32(27)36-26/h4-8,10-14,16H,1,3,9,15,17-18H2,2H3. The van der Waals surface area contributed by atoms with Crippen LogP contribution in [0.25, 0.3) is 43.6 Å². The Kier molecular flexibility index (Phi) is 5.71. The molecule has 0 radical (unpaired) electrons. The van der Waals surface area contributed by atoms with E-state index in [4.69, 9.17) is 19.9 Å². The first-order valence-corrected chi connectivity index (χ1v) is 13.3. The van der Waals surface area contributed by atoms with Crippen molar-refractivity contribution in [1.29, 1.82) is 0 Å².